The zero-order valence-electron chi connectivity index (χ0n) is 12.1. The Morgan fingerprint density at radius 2 is 2.05 bits per heavy atom. The van der Waals surface area contributed by atoms with Crippen LogP contribution in [0.2, 0.25) is 5.02 Å². The SMILES string of the molecule is CC(=O)N(C)C1c2ccc(Cl)cc2CC1N1CCCC1. The van der Waals surface area contributed by atoms with E-state index in [1.807, 2.05) is 18.0 Å². The Morgan fingerprint density at radius 1 is 1.35 bits per heavy atom. The van der Waals surface area contributed by atoms with E-state index in [1.165, 1.54) is 24.0 Å². The molecule has 0 bridgehead atoms. The Balaban J connectivity index is 1.97. The first-order valence-electron chi connectivity index (χ1n) is 7.33. The van der Waals surface area contributed by atoms with Gasteiger partial charge in [-0.05, 0) is 55.6 Å². The fourth-order valence-corrected chi connectivity index (χ4v) is 3.84. The first kappa shape index (κ1) is 13.9. The Kier molecular flexibility index (Phi) is 3.74. The van der Waals surface area contributed by atoms with Crippen molar-refractivity contribution in [3.8, 4) is 0 Å². The van der Waals surface area contributed by atoms with E-state index in [0.717, 1.165) is 24.5 Å². The molecule has 108 valence electrons. The van der Waals surface area contributed by atoms with E-state index in [-0.39, 0.29) is 11.9 Å². The minimum Gasteiger partial charge on any atom is -0.337 e. The Hall–Kier alpha value is -1.06. The highest BCUT2D eigenvalue weighted by Gasteiger charge is 2.40. The maximum atomic E-state index is 11.8. The van der Waals surface area contributed by atoms with Crippen LogP contribution in [-0.4, -0.2) is 41.9 Å². The molecule has 1 aliphatic heterocycles. The summed E-state index contributed by atoms with van der Waals surface area (Å²) in [7, 11) is 1.92. The van der Waals surface area contributed by atoms with Crippen molar-refractivity contribution in [2.45, 2.75) is 38.3 Å². The van der Waals surface area contributed by atoms with Crippen molar-refractivity contribution in [1.82, 2.24) is 9.80 Å². The normalized spacial score (nSPS) is 25.8. The van der Waals surface area contributed by atoms with E-state index in [4.69, 9.17) is 11.6 Å². The maximum Gasteiger partial charge on any atom is 0.219 e. The molecule has 0 spiro atoms. The summed E-state index contributed by atoms with van der Waals surface area (Å²) in [6, 6.07) is 6.66. The lowest BCUT2D eigenvalue weighted by atomic mass is 10.0. The molecule has 1 heterocycles. The Bertz CT molecular complexity index is 525. The number of nitrogens with zero attached hydrogens (tertiary/aromatic N) is 2. The van der Waals surface area contributed by atoms with Crippen LogP contribution in [0, 0.1) is 0 Å². The third-order valence-corrected chi connectivity index (χ3v) is 4.98. The van der Waals surface area contributed by atoms with Gasteiger partial charge < -0.3 is 4.90 Å². The minimum atomic E-state index is 0.127. The van der Waals surface area contributed by atoms with Crippen molar-refractivity contribution in [1.29, 1.82) is 0 Å². The van der Waals surface area contributed by atoms with E-state index in [9.17, 15) is 4.79 Å². The molecule has 0 N–H and O–H groups in total. The van der Waals surface area contributed by atoms with Gasteiger partial charge in [-0.3, -0.25) is 9.69 Å². The van der Waals surface area contributed by atoms with Gasteiger partial charge in [0, 0.05) is 25.0 Å². The number of rotatable bonds is 2. The molecule has 20 heavy (non-hydrogen) atoms. The molecule has 0 radical (unpaired) electrons. The maximum absolute atomic E-state index is 11.8. The van der Waals surface area contributed by atoms with Crippen LogP contribution in [0.25, 0.3) is 0 Å². The molecular formula is C16H21ClN2O. The van der Waals surface area contributed by atoms with Crippen LogP contribution in [0.3, 0.4) is 0 Å². The lowest BCUT2D eigenvalue weighted by molar-refractivity contribution is -0.130. The zero-order valence-corrected chi connectivity index (χ0v) is 12.9. The van der Waals surface area contributed by atoms with Gasteiger partial charge in [0.1, 0.15) is 0 Å². The monoisotopic (exact) mass is 292 g/mol. The van der Waals surface area contributed by atoms with Crippen LogP contribution in [0.4, 0.5) is 0 Å². The molecule has 3 nitrogen and oxygen atoms in total. The summed E-state index contributed by atoms with van der Waals surface area (Å²) < 4.78 is 0. The highest BCUT2D eigenvalue weighted by atomic mass is 35.5. The van der Waals surface area contributed by atoms with Crippen molar-refractivity contribution in [3.05, 3.63) is 34.3 Å². The molecule has 1 saturated heterocycles. The molecular weight excluding hydrogens is 272 g/mol. The smallest absolute Gasteiger partial charge is 0.219 e. The number of fused-ring (bicyclic) bond motifs is 1. The van der Waals surface area contributed by atoms with Crippen molar-refractivity contribution in [2.24, 2.45) is 0 Å². The van der Waals surface area contributed by atoms with Gasteiger partial charge in [-0.2, -0.15) is 0 Å². The fourth-order valence-electron chi connectivity index (χ4n) is 3.65. The van der Waals surface area contributed by atoms with Gasteiger partial charge in [0.15, 0.2) is 0 Å². The summed E-state index contributed by atoms with van der Waals surface area (Å²) in [5.41, 5.74) is 2.57. The van der Waals surface area contributed by atoms with E-state index in [0.29, 0.717) is 6.04 Å². The van der Waals surface area contributed by atoms with E-state index in [1.54, 1.807) is 6.92 Å². The van der Waals surface area contributed by atoms with Crippen LogP contribution in [0.5, 0.6) is 0 Å². The van der Waals surface area contributed by atoms with Crippen molar-refractivity contribution in [3.63, 3.8) is 0 Å². The molecule has 1 fully saturated rings. The topological polar surface area (TPSA) is 23.6 Å². The predicted molar refractivity (Wildman–Crippen MR) is 80.9 cm³/mol. The summed E-state index contributed by atoms with van der Waals surface area (Å²) in [5.74, 6) is 0.127. The summed E-state index contributed by atoms with van der Waals surface area (Å²) in [4.78, 5) is 16.3. The highest BCUT2D eigenvalue weighted by molar-refractivity contribution is 6.30. The second-order valence-corrected chi connectivity index (χ2v) is 6.37. The van der Waals surface area contributed by atoms with Crippen LogP contribution >= 0.6 is 11.6 Å². The highest BCUT2D eigenvalue weighted by Crippen LogP contribution is 2.40. The van der Waals surface area contributed by atoms with Gasteiger partial charge in [0.2, 0.25) is 5.91 Å². The van der Waals surface area contributed by atoms with Crippen LogP contribution in [-0.2, 0) is 11.2 Å². The van der Waals surface area contributed by atoms with E-state index >= 15 is 0 Å². The van der Waals surface area contributed by atoms with Gasteiger partial charge in [0.25, 0.3) is 0 Å². The van der Waals surface area contributed by atoms with E-state index < -0.39 is 0 Å². The number of carbonyl (C=O) groups is 1. The zero-order chi connectivity index (χ0) is 14.3. The molecule has 4 heteroatoms. The number of benzene rings is 1. The number of likely N-dealkylation sites (tertiary alicyclic amines) is 1. The summed E-state index contributed by atoms with van der Waals surface area (Å²) in [5, 5.41) is 0.787. The second kappa shape index (κ2) is 5.38. The van der Waals surface area contributed by atoms with Gasteiger partial charge in [-0.15, -0.1) is 0 Å². The summed E-state index contributed by atoms with van der Waals surface area (Å²) >= 11 is 6.13. The molecule has 3 rings (SSSR count). The molecule has 0 saturated carbocycles. The van der Waals surface area contributed by atoms with Gasteiger partial charge in [0.05, 0.1) is 6.04 Å². The number of hydrogen-bond donors (Lipinski definition) is 0. The van der Waals surface area contributed by atoms with Gasteiger partial charge in [-0.25, -0.2) is 0 Å². The van der Waals surface area contributed by atoms with E-state index in [2.05, 4.69) is 17.0 Å². The predicted octanol–water partition coefficient (Wildman–Crippen LogP) is 2.88. The lowest BCUT2D eigenvalue weighted by Crippen LogP contribution is -2.43. The van der Waals surface area contributed by atoms with Gasteiger partial charge in [-0.1, -0.05) is 17.7 Å². The van der Waals surface area contributed by atoms with Crippen LogP contribution in [0.15, 0.2) is 18.2 Å². The molecule has 2 atom stereocenters. The average Bonchev–Trinajstić information content (AvgIpc) is 3.03. The molecule has 1 aliphatic carbocycles. The summed E-state index contributed by atoms with van der Waals surface area (Å²) in [6.45, 7) is 3.94. The molecule has 1 amide bonds. The molecule has 2 unspecified atom stereocenters. The third kappa shape index (κ3) is 2.33. The summed E-state index contributed by atoms with van der Waals surface area (Å²) in [6.07, 6.45) is 3.53. The molecule has 1 aromatic rings. The molecule has 1 aromatic carbocycles. The van der Waals surface area contributed by atoms with Gasteiger partial charge >= 0.3 is 0 Å². The number of likely N-dealkylation sites (N-methyl/N-ethyl adjacent to an activating group) is 1. The van der Waals surface area contributed by atoms with Crippen molar-refractivity contribution >= 4 is 17.5 Å². The lowest BCUT2D eigenvalue weighted by Gasteiger charge is -2.35. The second-order valence-electron chi connectivity index (χ2n) is 5.93. The first-order chi connectivity index (χ1) is 9.58. The van der Waals surface area contributed by atoms with Crippen molar-refractivity contribution < 1.29 is 4.79 Å². The quantitative estimate of drug-likeness (QED) is 0.837. The third-order valence-electron chi connectivity index (χ3n) is 4.74. The number of amides is 1. The molecule has 0 aromatic heterocycles. The Morgan fingerprint density at radius 3 is 2.70 bits per heavy atom. The number of carbonyl (C=O) groups excluding carboxylic acids is 1. The Labute approximate surface area is 125 Å². The number of halogens is 1. The standard InChI is InChI=1S/C16H21ClN2O/c1-11(20)18(2)16-14-6-5-13(17)9-12(14)10-15(16)19-7-3-4-8-19/h5-6,9,15-16H,3-4,7-8,10H2,1-2H3. The van der Waals surface area contributed by atoms with Crippen molar-refractivity contribution in [2.75, 3.05) is 20.1 Å². The minimum absolute atomic E-state index is 0.127. The van der Waals surface area contributed by atoms with Crippen LogP contribution in [0.1, 0.15) is 36.9 Å². The average molecular weight is 293 g/mol. The van der Waals surface area contributed by atoms with Crippen LogP contribution < -0.4 is 0 Å². The molecule has 2 aliphatic rings. The first-order valence-corrected chi connectivity index (χ1v) is 7.71. The fraction of sp³-hybridized carbons (Fsp3) is 0.562. The largest absolute Gasteiger partial charge is 0.337 e. The number of hydrogen-bond acceptors (Lipinski definition) is 2.